The Balaban J connectivity index is 3.06. The molecule has 0 aromatic heterocycles. The summed E-state index contributed by atoms with van der Waals surface area (Å²) in [7, 11) is 1.62. The Morgan fingerprint density at radius 1 is 1.28 bits per heavy atom. The zero-order chi connectivity index (χ0) is 13.7. The van der Waals surface area contributed by atoms with E-state index in [-0.39, 0.29) is 12.0 Å². The van der Waals surface area contributed by atoms with Crippen LogP contribution in [0.3, 0.4) is 0 Å². The minimum absolute atomic E-state index is 0.217. The maximum atomic E-state index is 10.5. The van der Waals surface area contributed by atoms with Crippen LogP contribution in [0.25, 0.3) is 0 Å². The first-order valence-corrected chi connectivity index (χ1v) is 6.45. The van der Waals surface area contributed by atoms with E-state index in [1.807, 2.05) is 45.9 Å². The summed E-state index contributed by atoms with van der Waals surface area (Å²) >= 11 is 0. The zero-order valence-electron chi connectivity index (χ0n) is 11.9. The van der Waals surface area contributed by atoms with Gasteiger partial charge in [0.1, 0.15) is 11.9 Å². The van der Waals surface area contributed by atoms with Crippen molar-refractivity contribution in [3.63, 3.8) is 0 Å². The second-order valence-corrected chi connectivity index (χ2v) is 4.85. The predicted octanol–water partition coefficient (Wildman–Crippen LogP) is 3.10. The molecule has 0 heterocycles. The van der Waals surface area contributed by atoms with E-state index in [1.54, 1.807) is 7.11 Å². The average Bonchev–Trinajstić information content (AvgIpc) is 2.34. The van der Waals surface area contributed by atoms with Crippen LogP contribution in [0, 0.1) is 12.8 Å². The molecule has 102 valence electrons. The van der Waals surface area contributed by atoms with E-state index in [0.717, 1.165) is 11.1 Å². The molecule has 0 aliphatic heterocycles. The van der Waals surface area contributed by atoms with Crippen molar-refractivity contribution >= 4 is 0 Å². The van der Waals surface area contributed by atoms with E-state index in [4.69, 9.17) is 9.47 Å². The smallest absolute Gasteiger partial charge is 0.124 e. The Morgan fingerprint density at radius 2 is 1.94 bits per heavy atom. The second kappa shape index (κ2) is 6.76. The van der Waals surface area contributed by atoms with Crippen LogP contribution in [-0.4, -0.2) is 24.9 Å². The lowest BCUT2D eigenvalue weighted by atomic mass is 9.94. The molecule has 1 aromatic carbocycles. The number of aliphatic hydroxyl groups excluding tert-OH is 1. The van der Waals surface area contributed by atoms with Gasteiger partial charge in [-0.15, -0.1) is 0 Å². The highest BCUT2D eigenvalue weighted by molar-refractivity contribution is 5.39. The summed E-state index contributed by atoms with van der Waals surface area (Å²) in [5.74, 6) is 0.948. The second-order valence-electron chi connectivity index (χ2n) is 4.85. The largest absolute Gasteiger partial charge is 0.496 e. The number of hydrogen-bond donors (Lipinski definition) is 1. The fourth-order valence-corrected chi connectivity index (χ4v) is 2.10. The third-order valence-electron chi connectivity index (χ3n) is 3.03. The Labute approximate surface area is 110 Å². The molecular formula is C15H24O3. The molecule has 1 aromatic rings. The summed E-state index contributed by atoms with van der Waals surface area (Å²) < 4.78 is 11.0. The van der Waals surface area contributed by atoms with Crippen LogP contribution < -0.4 is 4.74 Å². The van der Waals surface area contributed by atoms with Crippen molar-refractivity contribution in [1.82, 2.24) is 0 Å². The van der Waals surface area contributed by atoms with Crippen molar-refractivity contribution in [2.45, 2.75) is 39.9 Å². The Morgan fingerprint density at radius 3 is 2.44 bits per heavy atom. The molecule has 0 saturated carbocycles. The van der Waals surface area contributed by atoms with Gasteiger partial charge in [0.2, 0.25) is 0 Å². The number of aryl methyl sites for hydroxylation is 1. The van der Waals surface area contributed by atoms with E-state index in [1.165, 1.54) is 0 Å². The molecule has 2 unspecified atom stereocenters. The molecule has 1 N–H and O–H groups in total. The topological polar surface area (TPSA) is 38.7 Å². The Kier molecular flexibility index (Phi) is 5.63. The molecule has 18 heavy (non-hydrogen) atoms. The lowest BCUT2D eigenvalue weighted by molar-refractivity contribution is -0.0592. The minimum Gasteiger partial charge on any atom is -0.496 e. The normalized spacial score (nSPS) is 14.6. The molecule has 0 amide bonds. The van der Waals surface area contributed by atoms with E-state index < -0.39 is 6.10 Å². The van der Waals surface area contributed by atoms with Crippen molar-refractivity contribution in [2.24, 2.45) is 5.92 Å². The van der Waals surface area contributed by atoms with E-state index in [2.05, 4.69) is 0 Å². The molecule has 0 aliphatic rings. The van der Waals surface area contributed by atoms with Gasteiger partial charge in [0.05, 0.1) is 13.2 Å². The van der Waals surface area contributed by atoms with Gasteiger partial charge in [-0.2, -0.15) is 0 Å². The fraction of sp³-hybridized carbons (Fsp3) is 0.600. The quantitative estimate of drug-likeness (QED) is 0.845. The van der Waals surface area contributed by atoms with Gasteiger partial charge < -0.3 is 14.6 Å². The Bertz CT molecular complexity index is 374. The highest BCUT2D eigenvalue weighted by Crippen LogP contribution is 2.32. The lowest BCUT2D eigenvalue weighted by Crippen LogP contribution is -2.28. The van der Waals surface area contributed by atoms with Crippen LogP contribution in [0.2, 0.25) is 0 Å². The molecule has 2 atom stereocenters. The fourth-order valence-electron chi connectivity index (χ4n) is 2.10. The number of rotatable bonds is 6. The molecule has 0 aliphatic carbocycles. The van der Waals surface area contributed by atoms with Gasteiger partial charge in [0.25, 0.3) is 0 Å². The van der Waals surface area contributed by atoms with Crippen LogP contribution in [0.1, 0.15) is 38.0 Å². The zero-order valence-corrected chi connectivity index (χ0v) is 11.9. The van der Waals surface area contributed by atoms with Gasteiger partial charge >= 0.3 is 0 Å². The number of methoxy groups -OCH3 is 1. The van der Waals surface area contributed by atoms with E-state index >= 15 is 0 Å². The molecule has 1 rings (SSSR count). The van der Waals surface area contributed by atoms with Crippen molar-refractivity contribution in [3.05, 3.63) is 29.3 Å². The molecule has 0 radical (unpaired) electrons. The van der Waals surface area contributed by atoms with Gasteiger partial charge in [-0.1, -0.05) is 25.5 Å². The molecule has 3 heteroatoms. The molecule has 0 saturated heterocycles. The van der Waals surface area contributed by atoms with Crippen LogP contribution in [-0.2, 0) is 4.74 Å². The number of benzene rings is 1. The standard InChI is InChI=1S/C15H24O3/c1-6-18-15(10(2)3)14(16)12-9-11(4)7-8-13(12)17-5/h7-10,14-16H,6H2,1-5H3. The first-order valence-electron chi connectivity index (χ1n) is 6.45. The van der Waals surface area contributed by atoms with Gasteiger partial charge in [0.15, 0.2) is 0 Å². The first-order chi connectivity index (χ1) is 8.51. The van der Waals surface area contributed by atoms with E-state index in [0.29, 0.717) is 12.4 Å². The van der Waals surface area contributed by atoms with Crippen molar-refractivity contribution < 1.29 is 14.6 Å². The molecule has 0 bridgehead atoms. The molecule has 0 fully saturated rings. The van der Waals surface area contributed by atoms with Gasteiger partial charge in [-0.25, -0.2) is 0 Å². The maximum Gasteiger partial charge on any atom is 0.124 e. The molecule has 3 nitrogen and oxygen atoms in total. The van der Waals surface area contributed by atoms with Crippen molar-refractivity contribution in [3.8, 4) is 5.75 Å². The van der Waals surface area contributed by atoms with Gasteiger partial charge in [-0.3, -0.25) is 0 Å². The first kappa shape index (κ1) is 15.0. The number of hydrogen-bond acceptors (Lipinski definition) is 3. The van der Waals surface area contributed by atoms with Crippen molar-refractivity contribution in [1.29, 1.82) is 0 Å². The SMILES string of the molecule is CCOC(C(C)C)C(O)c1cc(C)ccc1OC. The third kappa shape index (κ3) is 3.47. The van der Waals surface area contributed by atoms with Gasteiger partial charge in [0, 0.05) is 12.2 Å². The highest BCUT2D eigenvalue weighted by Gasteiger charge is 2.27. The summed E-state index contributed by atoms with van der Waals surface area (Å²) in [5, 5.41) is 10.5. The number of ether oxygens (including phenoxy) is 2. The summed E-state index contributed by atoms with van der Waals surface area (Å²) in [6.07, 6.45) is -0.884. The summed E-state index contributed by atoms with van der Waals surface area (Å²) in [6.45, 7) is 8.63. The summed E-state index contributed by atoms with van der Waals surface area (Å²) in [6, 6.07) is 5.81. The van der Waals surface area contributed by atoms with E-state index in [9.17, 15) is 5.11 Å². The van der Waals surface area contributed by atoms with Gasteiger partial charge in [-0.05, 0) is 31.9 Å². The Hall–Kier alpha value is -1.06. The predicted molar refractivity (Wildman–Crippen MR) is 72.9 cm³/mol. The van der Waals surface area contributed by atoms with Crippen LogP contribution in [0.5, 0.6) is 5.75 Å². The summed E-state index contributed by atoms with van der Waals surface area (Å²) in [5.41, 5.74) is 1.90. The molecular weight excluding hydrogens is 228 g/mol. The monoisotopic (exact) mass is 252 g/mol. The summed E-state index contributed by atoms with van der Waals surface area (Å²) in [4.78, 5) is 0. The molecule has 0 spiro atoms. The lowest BCUT2D eigenvalue weighted by Gasteiger charge is -2.27. The average molecular weight is 252 g/mol. The van der Waals surface area contributed by atoms with Crippen LogP contribution in [0.4, 0.5) is 0 Å². The minimum atomic E-state index is -0.667. The van der Waals surface area contributed by atoms with Crippen LogP contribution >= 0.6 is 0 Å². The highest BCUT2D eigenvalue weighted by atomic mass is 16.5. The van der Waals surface area contributed by atoms with Crippen LogP contribution in [0.15, 0.2) is 18.2 Å². The maximum absolute atomic E-state index is 10.5. The number of aliphatic hydroxyl groups is 1. The van der Waals surface area contributed by atoms with Crippen molar-refractivity contribution in [2.75, 3.05) is 13.7 Å². The third-order valence-corrected chi connectivity index (χ3v) is 3.03.